The molecule has 1 amide bonds. The summed E-state index contributed by atoms with van der Waals surface area (Å²) in [5, 5.41) is 11.8. The van der Waals surface area contributed by atoms with Crippen molar-refractivity contribution in [2.75, 3.05) is 20.3 Å². The number of rotatable bonds is 7. The second-order valence-corrected chi connectivity index (χ2v) is 4.29. The third-order valence-corrected chi connectivity index (χ3v) is 2.53. The summed E-state index contributed by atoms with van der Waals surface area (Å²) in [5.74, 6) is -0.608. The Morgan fingerprint density at radius 1 is 1.55 bits per heavy atom. The fourth-order valence-corrected chi connectivity index (χ4v) is 1.67. The van der Waals surface area contributed by atoms with Gasteiger partial charge in [-0.15, -0.1) is 0 Å². The van der Waals surface area contributed by atoms with Crippen molar-refractivity contribution in [3.05, 3.63) is 24.0 Å². The SMILES string of the molecule is COCC(O)CCNC(=O)c1cccn1CC(F)(F)F. The molecule has 0 saturated carbocycles. The molecule has 0 radical (unpaired) electrons. The Bertz CT molecular complexity index is 432. The molecule has 0 bridgehead atoms. The predicted octanol–water partition coefficient (Wildman–Crippen LogP) is 1.18. The lowest BCUT2D eigenvalue weighted by Gasteiger charge is -2.13. The molecule has 5 nitrogen and oxygen atoms in total. The van der Waals surface area contributed by atoms with Gasteiger partial charge in [0.2, 0.25) is 0 Å². The lowest BCUT2D eigenvalue weighted by molar-refractivity contribution is -0.140. The number of amides is 1. The molecule has 1 rings (SSSR count). The van der Waals surface area contributed by atoms with Gasteiger partial charge in [0.05, 0.1) is 12.7 Å². The van der Waals surface area contributed by atoms with Gasteiger partial charge >= 0.3 is 6.18 Å². The number of aromatic nitrogens is 1. The van der Waals surface area contributed by atoms with Crippen molar-refractivity contribution in [3.63, 3.8) is 0 Å². The minimum Gasteiger partial charge on any atom is -0.391 e. The van der Waals surface area contributed by atoms with Gasteiger partial charge in [0.1, 0.15) is 12.2 Å². The highest BCUT2D eigenvalue weighted by atomic mass is 19.4. The molecule has 0 aliphatic rings. The van der Waals surface area contributed by atoms with Gasteiger partial charge in [-0.2, -0.15) is 13.2 Å². The first kappa shape index (κ1) is 16.5. The van der Waals surface area contributed by atoms with Crippen molar-refractivity contribution in [2.24, 2.45) is 0 Å². The van der Waals surface area contributed by atoms with Gasteiger partial charge in [0.25, 0.3) is 5.91 Å². The second kappa shape index (κ2) is 7.30. The van der Waals surface area contributed by atoms with E-state index in [1.165, 1.54) is 25.4 Å². The number of carbonyl (C=O) groups excluding carboxylic acids is 1. The summed E-state index contributed by atoms with van der Waals surface area (Å²) in [6.45, 7) is -0.921. The van der Waals surface area contributed by atoms with Gasteiger partial charge in [-0.05, 0) is 18.6 Å². The highest BCUT2D eigenvalue weighted by molar-refractivity contribution is 5.92. The summed E-state index contributed by atoms with van der Waals surface area (Å²) in [4.78, 5) is 11.7. The maximum Gasteiger partial charge on any atom is 0.406 e. The van der Waals surface area contributed by atoms with Crippen LogP contribution in [0.4, 0.5) is 13.2 Å². The number of nitrogens with zero attached hydrogens (tertiary/aromatic N) is 1. The number of aliphatic hydroxyl groups excluding tert-OH is 1. The van der Waals surface area contributed by atoms with E-state index in [4.69, 9.17) is 4.74 Å². The third-order valence-electron chi connectivity index (χ3n) is 2.53. The fraction of sp³-hybridized carbons (Fsp3) is 0.583. The summed E-state index contributed by atoms with van der Waals surface area (Å²) in [6.07, 6.45) is -3.65. The van der Waals surface area contributed by atoms with Crippen molar-refractivity contribution in [2.45, 2.75) is 25.2 Å². The van der Waals surface area contributed by atoms with Crippen LogP contribution in [0.15, 0.2) is 18.3 Å². The van der Waals surface area contributed by atoms with Crippen LogP contribution in [0.5, 0.6) is 0 Å². The van der Waals surface area contributed by atoms with Gasteiger partial charge in [0.15, 0.2) is 0 Å². The van der Waals surface area contributed by atoms with E-state index in [2.05, 4.69) is 5.32 Å². The average molecular weight is 294 g/mol. The molecule has 20 heavy (non-hydrogen) atoms. The van der Waals surface area contributed by atoms with E-state index in [0.29, 0.717) is 0 Å². The van der Waals surface area contributed by atoms with Gasteiger partial charge in [0, 0.05) is 19.9 Å². The Morgan fingerprint density at radius 3 is 2.85 bits per heavy atom. The Kier molecular flexibility index (Phi) is 6.03. The van der Waals surface area contributed by atoms with Crippen LogP contribution in [0, 0.1) is 0 Å². The summed E-state index contributed by atoms with van der Waals surface area (Å²) >= 11 is 0. The molecule has 0 aromatic carbocycles. The molecule has 0 spiro atoms. The first-order valence-corrected chi connectivity index (χ1v) is 6.00. The van der Waals surface area contributed by atoms with E-state index in [1.54, 1.807) is 0 Å². The van der Waals surface area contributed by atoms with E-state index in [9.17, 15) is 23.1 Å². The maximum atomic E-state index is 12.3. The van der Waals surface area contributed by atoms with Crippen LogP contribution in [0.3, 0.4) is 0 Å². The Balaban J connectivity index is 2.50. The van der Waals surface area contributed by atoms with Crippen molar-refractivity contribution in [1.82, 2.24) is 9.88 Å². The van der Waals surface area contributed by atoms with Crippen LogP contribution < -0.4 is 5.32 Å². The number of carbonyl (C=O) groups is 1. The number of alkyl halides is 3. The highest BCUT2D eigenvalue weighted by Crippen LogP contribution is 2.18. The molecule has 0 fully saturated rings. The number of nitrogens with one attached hydrogen (secondary N) is 1. The summed E-state index contributed by atoms with van der Waals surface area (Å²) in [7, 11) is 1.44. The van der Waals surface area contributed by atoms with Crippen LogP contribution in [-0.4, -0.2) is 48.1 Å². The van der Waals surface area contributed by atoms with Crippen LogP contribution in [0.2, 0.25) is 0 Å². The molecule has 1 aromatic heterocycles. The molecular weight excluding hydrogens is 277 g/mol. The highest BCUT2D eigenvalue weighted by Gasteiger charge is 2.29. The normalized spacial score (nSPS) is 13.2. The standard InChI is InChI=1S/C12H17F3N2O3/c1-20-7-9(18)4-5-16-11(19)10-3-2-6-17(10)8-12(13,14)15/h2-3,6,9,18H,4-5,7-8H2,1H3,(H,16,19). The van der Waals surface area contributed by atoms with Crippen LogP contribution in [0.1, 0.15) is 16.9 Å². The molecule has 0 aliphatic heterocycles. The molecule has 0 aliphatic carbocycles. The third kappa shape index (κ3) is 5.62. The second-order valence-electron chi connectivity index (χ2n) is 4.29. The molecule has 1 atom stereocenters. The Morgan fingerprint density at radius 2 is 2.25 bits per heavy atom. The van der Waals surface area contributed by atoms with Crippen LogP contribution >= 0.6 is 0 Å². The molecule has 1 aromatic rings. The van der Waals surface area contributed by atoms with E-state index >= 15 is 0 Å². The van der Waals surface area contributed by atoms with Gasteiger partial charge in [-0.3, -0.25) is 4.79 Å². The Hall–Kier alpha value is -1.54. The number of hydrogen-bond acceptors (Lipinski definition) is 3. The largest absolute Gasteiger partial charge is 0.406 e. The van der Waals surface area contributed by atoms with Gasteiger partial charge in [-0.1, -0.05) is 0 Å². The smallest absolute Gasteiger partial charge is 0.391 e. The van der Waals surface area contributed by atoms with Gasteiger partial charge in [-0.25, -0.2) is 0 Å². The zero-order valence-corrected chi connectivity index (χ0v) is 11.0. The summed E-state index contributed by atoms with van der Waals surface area (Å²) in [5.41, 5.74) is -0.0662. The van der Waals surface area contributed by atoms with Crippen molar-refractivity contribution < 1.29 is 27.8 Å². The van der Waals surface area contributed by atoms with Crippen LogP contribution in [0.25, 0.3) is 0 Å². The maximum absolute atomic E-state index is 12.3. The zero-order valence-electron chi connectivity index (χ0n) is 11.0. The lowest BCUT2D eigenvalue weighted by atomic mass is 10.2. The van der Waals surface area contributed by atoms with Gasteiger partial charge < -0.3 is 19.7 Å². The quantitative estimate of drug-likeness (QED) is 0.793. The molecule has 2 N–H and O–H groups in total. The summed E-state index contributed by atoms with van der Waals surface area (Å²) < 4.78 is 42.5. The van der Waals surface area contributed by atoms with E-state index < -0.39 is 24.7 Å². The molecule has 114 valence electrons. The van der Waals surface area contributed by atoms with Crippen LogP contribution in [-0.2, 0) is 11.3 Å². The number of hydrogen-bond donors (Lipinski definition) is 2. The number of aliphatic hydroxyl groups is 1. The minimum atomic E-state index is -4.39. The predicted molar refractivity (Wildman–Crippen MR) is 65.3 cm³/mol. The average Bonchev–Trinajstić information content (AvgIpc) is 2.74. The monoisotopic (exact) mass is 294 g/mol. The number of methoxy groups -OCH3 is 1. The Labute approximate surface area is 114 Å². The molecule has 8 heteroatoms. The first-order valence-electron chi connectivity index (χ1n) is 6.00. The zero-order chi connectivity index (χ0) is 15.2. The van der Waals surface area contributed by atoms with Crippen molar-refractivity contribution in [1.29, 1.82) is 0 Å². The first-order chi connectivity index (χ1) is 9.33. The molecule has 1 unspecified atom stereocenters. The fourth-order valence-electron chi connectivity index (χ4n) is 1.67. The van der Waals surface area contributed by atoms with E-state index in [0.717, 1.165) is 4.57 Å². The van der Waals surface area contributed by atoms with E-state index in [1.807, 2.05) is 0 Å². The molecule has 0 saturated heterocycles. The van der Waals surface area contributed by atoms with Crippen molar-refractivity contribution >= 4 is 5.91 Å². The number of halogens is 3. The topological polar surface area (TPSA) is 63.5 Å². The molecular formula is C12H17F3N2O3. The van der Waals surface area contributed by atoms with Crippen molar-refractivity contribution in [3.8, 4) is 0 Å². The lowest BCUT2D eigenvalue weighted by Crippen LogP contribution is -2.31. The molecule has 1 heterocycles. The van der Waals surface area contributed by atoms with E-state index in [-0.39, 0.29) is 25.3 Å². The number of ether oxygens (including phenoxy) is 1. The summed E-state index contributed by atoms with van der Waals surface area (Å²) in [6, 6.07) is 2.69. The minimum absolute atomic E-state index is 0.0662.